The van der Waals surface area contributed by atoms with Crippen LogP contribution in [-0.4, -0.2) is 29.7 Å². The molecule has 0 spiro atoms. The Hall–Kier alpha value is -3.35. The Bertz CT molecular complexity index is 822. The third-order valence-electron chi connectivity index (χ3n) is 3.79. The molecule has 25 heavy (non-hydrogen) atoms. The first-order chi connectivity index (χ1) is 12.1. The van der Waals surface area contributed by atoms with Gasteiger partial charge in [0.1, 0.15) is 17.6 Å². The number of carbonyl (C=O) groups is 2. The maximum Gasteiger partial charge on any atom is 0.267 e. The largest absolute Gasteiger partial charge is 0.545 e. The number of hydrazone groups is 1. The van der Waals surface area contributed by atoms with Gasteiger partial charge in [0.25, 0.3) is 5.91 Å². The number of carboxylic acids is 1. The van der Waals surface area contributed by atoms with Crippen LogP contribution < -0.4 is 9.84 Å². The van der Waals surface area contributed by atoms with E-state index in [4.69, 9.17) is 9.15 Å². The molecule has 0 N–H and O–H groups in total. The lowest BCUT2D eigenvalue weighted by Crippen LogP contribution is -2.26. The highest BCUT2D eigenvalue weighted by molar-refractivity contribution is 6.04. The summed E-state index contributed by atoms with van der Waals surface area (Å²) in [5.74, 6) is -0.715. The van der Waals surface area contributed by atoms with Crippen molar-refractivity contribution in [2.45, 2.75) is 12.5 Å². The molecule has 1 aliphatic rings. The molecule has 0 fully saturated rings. The molecule has 2 aromatic rings. The molecule has 0 saturated carbocycles. The average molecular weight is 339 g/mol. The number of rotatable bonds is 5. The highest BCUT2D eigenvalue weighted by atomic mass is 16.5. The van der Waals surface area contributed by atoms with E-state index in [0.717, 1.165) is 17.4 Å². The number of hydrogen-bond acceptors (Lipinski definition) is 6. The van der Waals surface area contributed by atoms with Crippen LogP contribution in [0.2, 0.25) is 0 Å². The van der Waals surface area contributed by atoms with Crippen molar-refractivity contribution in [3.05, 3.63) is 66.1 Å². The van der Waals surface area contributed by atoms with E-state index in [9.17, 15) is 14.7 Å². The van der Waals surface area contributed by atoms with E-state index in [-0.39, 0.29) is 0 Å². The molecule has 1 aliphatic heterocycles. The third kappa shape index (κ3) is 3.60. The minimum absolute atomic E-state index is 0.439. The summed E-state index contributed by atoms with van der Waals surface area (Å²) >= 11 is 0. The monoisotopic (exact) mass is 339 g/mol. The fourth-order valence-corrected chi connectivity index (χ4v) is 2.59. The number of carbonyl (C=O) groups excluding carboxylic acids is 2. The second-order valence-electron chi connectivity index (χ2n) is 5.35. The van der Waals surface area contributed by atoms with Gasteiger partial charge in [-0.05, 0) is 48.0 Å². The van der Waals surface area contributed by atoms with E-state index in [1.54, 1.807) is 31.4 Å². The van der Waals surface area contributed by atoms with Crippen molar-refractivity contribution in [1.82, 2.24) is 5.01 Å². The molecule has 1 amide bonds. The average Bonchev–Trinajstić information content (AvgIpc) is 3.29. The summed E-state index contributed by atoms with van der Waals surface area (Å²) in [6.45, 7) is 0. The zero-order chi connectivity index (χ0) is 17.8. The number of aliphatic carboxylic acids is 1. The van der Waals surface area contributed by atoms with Crippen molar-refractivity contribution in [2.75, 3.05) is 7.11 Å². The van der Waals surface area contributed by atoms with Gasteiger partial charge in [0.15, 0.2) is 0 Å². The van der Waals surface area contributed by atoms with Gasteiger partial charge in [0.05, 0.1) is 25.1 Å². The summed E-state index contributed by atoms with van der Waals surface area (Å²) in [7, 11) is 1.58. The zero-order valence-electron chi connectivity index (χ0n) is 13.4. The number of methoxy groups -OCH3 is 1. The SMILES string of the molecule is COc1ccc(C2=NN(C(=O)/C=C/C(=O)[O-])[C@H](c3ccco3)C2)cc1. The summed E-state index contributed by atoms with van der Waals surface area (Å²) in [5.41, 5.74) is 1.54. The Kier molecular flexibility index (Phi) is 4.65. The molecule has 1 atom stereocenters. The minimum Gasteiger partial charge on any atom is -0.545 e. The first-order valence-corrected chi connectivity index (χ1v) is 7.56. The molecular weight excluding hydrogens is 324 g/mol. The molecule has 0 aliphatic carbocycles. The number of ether oxygens (including phenoxy) is 1. The van der Waals surface area contributed by atoms with Gasteiger partial charge in [-0.25, -0.2) is 5.01 Å². The summed E-state index contributed by atoms with van der Waals surface area (Å²) in [6.07, 6.45) is 3.57. The fraction of sp³-hybridized carbons (Fsp3) is 0.167. The highest BCUT2D eigenvalue weighted by Gasteiger charge is 2.33. The van der Waals surface area contributed by atoms with Crippen LogP contribution in [0.15, 0.2) is 64.3 Å². The Morgan fingerprint density at radius 1 is 1.28 bits per heavy atom. The molecular formula is C18H15N2O5-. The molecule has 1 aromatic carbocycles. The second kappa shape index (κ2) is 7.04. The topological polar surface area (TPSA) is 95.2 Å². The van der Waals surface area contributed by atoms with E-state index in [1.807, 2.05) is 12.1 Å². The Morgan fingerprint density at radius 3 is 2.64 bits per heavy atom. The van der Waals surface area contributed by atoms with E-state index >= 15 is 0 Å². The lowest BCUT2D eigenvalue weighted by atomic mass is 10.0. The van der Waals surface area contributed by atoms with Crippen molar-refractivity contribution >= 4 is 17.6 Å². The molecule has 3 rings (SSSR count). The lowest BCUT2D eigenvalue weighted by molar-refractivity contribution is -0.297. The molecule has 0 unspecified atom stereocenters. The van der Waals surface area contributed by atoms with Crippen LogP contribution in [0.3, 0.4) is 0 Å². The highest BCUT2D eigenvalue weighted by Crippen LogP contribution is 2.33. The number of hydrogen-bond donors (Lipinski definition) is 0. The summed E-state index contributed by atoms with van der Waals surface area (Å²) in [5, 5.41) is 16.1. The van der Waals surface area contributed by atoms with Crippen molar-refractivity contribution < 1.29 is 23.8 Å². The predicted octanol–water partition coefficient (Wildman–Crippen LogP) is 1.27. The lowest BCUT2D eigenvalue weighted by Gasteiger charge is -2.18. The Labute approximate surface area is 143 Å². The van der Waals surface area contributed by atoms with Crippen molar-refractivity contribution in [3.8, 4) is 5.75 Å². The predicted molar refractivity (Wildman–Crippen MR) is 86.6 cm³/mol. The zero-order valence-corrected chi connectivity index (χ0v) is 13.4. The van der Waals surface area contributed by atoms with Gasteiger partial charge in [0.2, 0.25) is 0 Å². The van der Waals surface area contributed by atoms with Gasteiger partial charge in [0, 0.05) is 12.5 Å². The Balaban J connectivity index is 1.90. The van der Waals surface area contributed by atoms with Gasteiger partial charge in [-0.3, -0.25) is 4.79 Å². The molecule has 7 heteroatoms. The summed E-state index contributed by atoms with van der Waals surface area (Å²) in [6, 6.07) is 10.3. The number of benzene rings is 1. The minimum atomic E-state index is -1.44. The van der Waals surface area contributed by atoms with Crippen LogP contribution in [0.25, 0.3) is 0 Å². The van der Waals surface area contributed by atoms with Crippen molar-refractivity contribution in [1.29, 1.82) is 0 Å². The smallest absolute Gasteiger partial charge is 0.267 e. The van der Waals surface area contributed by atoms with E-state index in [1.165, 1.54) is 11.3 Å². The van der Waals surface area contributed by atoms with Crippen LogP contribution in [0.4, 0.5) is 0 Å². The molecule has 2 heterocycles. The molecule has 1 aromatic heterocycles. The summed E-state index contributed by atoms with van der Waals surface area (Å²) < 4.78 is 10.5. The standard InChI is InChI=1S/C18H16N2O5/c1-24-13-6-4-12(5-7-13)14-11-15(16-3-2-10-25-16)20(19-14)17(21)8-9-18(22)23/h2-10,15H,11H2,1H3,(H,22,23)/p-1/b9-8+/t15-/m0/s1. The van der Waals surface area contributed by atoms with Crippen LogP contribution in [-0.2, 0) is 9.59 Å². The molecule has 0 bridgehead atoms. The molecule has 128 valence electrons. The number of carboxylic acid groups (broad SMARTS) is 1. The van der Waals surface area contributed by atoms with E-state index in [0.29, 0.717) is 24.0 Å². The summed E-state index contributed by atoms with van der Waals surface area (Å²) in [4.78, 5) is 22.9. The van der Waals surface area contributed by atoms with Gasteiger partial charge >= 0.3 is 0 Å². The van der Waals surface area contributed by atoms with Gasteiger partial charge in [-0.1, -0.05) is 0 Å². The van der Waals surface area contributed by atoms with Crippen molar-refractivity contribution in [3.63, 3.8) is 0 Å². The number of nitrogens with zero attached hydrogens (tertiary/aromatic N) is 2. The van der Waals surface area contributed by atoms with E-state index < -0.39 is 17.9 Å². The van der Waals surface area contributed by atoms with Gasteiger partial charge < -0.3 is 19.1 Å². The maximum atomic E-state index is 12.3. The first kappa shape index (κ1) is 16.5. The second-order valence-corrected chi connectivity index (χ2v) is 5.35. The first-order valence-electron chi connectivity index (χ1n) is 7.56. The van der Waals surface area contributed by atoms with Crippen molar-refractivity contribution in [2.24, 2.45) is 5.10 Å². The third-order valence-corrected chi connectivity index (χ3v) is 3.79. The van der Waals surface area contributed by atoms with Gasteiger partial charge in [-0.2, -0.15) is 5.10 Å². The molecule has 0 radical (unpaired) electrons. The Morgan fingerprint density at radius 2 is 2.04 bits per heavy atom. The van der Waals surface area contributed by atoms with Crippen LogP contribution in [0, 0.1) is 0 Å². The molecule has 0 saturated heterocycles. The van der Waals surface area contributed by atoms with Crippen LogP contribution >= 0.6 is 0 Å². The van der Waals surface area contributed by atoms with Crippen LogP contribution in [0.1, 0.15) is 23.8 Å². The quantitative estimate of drug-likeness (QED) is 0.765. The van der Waals surface area contributed by atoms with E-state index in [2.05, 4.69) is 5.10 Å². The van der Waals surface area contributed by atoms with Gasteiger partial charge in [-0.15, -0.1) is 0 Å². The number of amides is 1. The fourth-order valence-electron chi connectivity index (χ4n) is 2.59. The van der Waals surface area contributed by atoms with Crippen LogP contribution in [0.5, 0.6) is 5.75 Å². The molecule has 7 nitrogen and oxygen atoms in total. The maximum absolute atomic E-state index is 12.3. The number of furan rings is 1. The normalized spacial score (nSPS) is 16.9.